The van der Waals surface area contributed by atoms with Crippen LogP contribution in [0.25, 0.3) is 0 Å². The van der Waals surface area contributed by atoms with E-state index in [2.05, 4.69) is 29.3 Å². The third-order valence-corrected chi connectivity index (χ3v) is 4.40. The first-order chi connectivity index (χ1) is 10.3. The maximum atomic E-state index is 12.2. The highest BCUT2D eigenvalue weighted by Crippen LogP contribution is 2.32. The van der Waals surface area contributed by atoms with E-state index in [-0.39, 0.29) is 12.1 Å². The van der Waals surface area contributed by atoms with Crippen molar-refractivity contribution in [3.8, 4) is 5.75 Å². The van der Waals surface area contributed by atoms with Gasteiger partial charge in [0.2, 0.25) is 5.91 Å². The second-order valence-corrected chi connectivity index (χ2v) is 5.94. The Morgan fingerprint density at radius 3 is 2.62 bits per heavy atom. The number of carbonyl (C=O) groups excluding carboxylic acids is 1. The number of nitrogens with zero attached hydrogens (tertiary/aromatic N) is 1. The number of ether oxygens (including phenoxy) is 1. The zero-order valence-electron chi connectivity index (χ0n) is 12.7. The number of nitrogens with one attached hydrogen (secondary N) is 1. The fourth-order valence-corrected chi connectivity index (χ4v) is 3.36. The van der Waals surface area contributed by atoms with Crippen LogP contribution in [0.3, 0.4) is 0 Å². The third kappa shape index (κ3) is 3.05. The van der Waals surface area contributed by atoms with Crippen molar-refractivity contribution >= 4 is 5.91 Å². The number of carbonyl (C=O) groups is 1. The molecule has 0 radical (unpaired) electrons. The normalized spacial score (nSPS) is 23.0. The predicted molar refractivity (Wildman–Crippen MR) is 82.1 cm³/mol. The van der Waals surface area contributed by atoms with Gasteiger partial charge in [0.25, 0.3) is 0 Å². The summed E-state index contributed by atoms with van der Waals surface area (Å²) >= 11 is 0. The lowest BCUT2D eigenvalue weighted by molar-refractivity contribution is -0.130. The van der Waals surface area contributed by atoms with E-state index >= 15 is 0 Å². The predicted octanol–water partition coefficient (Wildman–Crippen LogP) is 2.85. The molecule has 21 heavy (non-hydrogen) atoms. The molecule has 2 fully saturated rings. The molecule has 1 saturated heterocycles. The first-order valence-electron chi connectivity index (χ1n) is 8.07. The Labute approximate surface area is 126 Å². The fraction of sp³-hybridized carbons (Fsp3) is 0.588. The van der Waals surface area contributed by atoms with Crippen LogP contribution in [0.2, 0.25) is 0 Å². The van der Waals surface area contributed by atoms with Crippen molar-refractivity contribution in [2.45, 2.75) is 51.2 Å². The van der Waals surface area contributed by atoms with Crippen LogP contribution >= 0.6 is 0 Å². The van der Waals surface area contributed by atoms with Crippen molar-refractivity contribution < 1.29 is 9.53 Å². The van der Waals surface area contributed by atoms with Crippen LogP contribution in [0.5, 0.6) is 5.75 Å². The molecular formula is C17H24N2O2. The minimum Gasteiger partial charge on any atom is -0.494 e. The summed E-state index contributed by atoms with van der Waals surface area (Å²) in [5.74, 6) is 1.13. The average molecular weight is 288 g/mol. The maximum Gasteiger partial charge on any atom is 0.238 e. The van der Waals surface area contributed by atoms with Gasteiger partial charge in [0.1, 0.15) is 11.9 Å². The summed E-state index contributed by atoms with van der Waals surface area (Å²) in [5, 5.41) is 3.35. The molecule has 1 atom stereocenters. The fourth-order valence-electron chi connectivity index (χ4n) is 3.36. The molecule has 1 aliphatic heterocycles. The van der Waals surface area contributed by atoms with Gasteiger partial charge in [0.15, 0.2) is 0 Å². The zero-order chi connectivity index (χ0) is 14.7. The highest BCUT2D eigenvalue weighted by atomic mass is 16.5. The summed E-state index contributed by atoms with van der Waals surface area (Å²) in [7, 11) is 0. The van der Waals surface area contributed by atoms with Gasteiger partial charge in [-0.05, 0) is 37.0 Å². The number of benzene rings is 1. The van der Waals surface area contributed by atoms with Gasteiger partial charge in [-0.1, -0.05) is 31.9 Å². The van der Waals surface area contributed by atoms with E-state index in [0.29, 0.717) is 12.6 Å². The Balaban J connectivity index is 1.73. The van der Waals surface area contributed by atoms with Gasteiger partial charge in [-0.3, -0.25) is 10.1 Å². The number of rotatable bonds is 5. The second kappa shape index (κ2) is 6.48. The largest absolute Gasteiger partial charge is 0.494 e. The van der Waals surface area contributed by atoms with E-state index < -0.39 is 0 Å². The molecule has 0 aromatic heterocycles. The van der Waals surface area contributed by atoms with E-state index in [0.717, 1.165) is 37.2 Å². The van der Waals surface area contributed by atoms with Gasteiger partial charge in [0, 0.05) is 6.04 Å². The Kier molecular flexibility index (Phi) is 4.44. The van der Waals surface area contributed by atoms with Crippen molar-refractivity contribution in [1.82, 2.24) is 10.2 Å². The zero-order valence-corrected chi connectivity index (χ0v) is 12.7. The molecule has 4 nitrogen and oxygen atoms in total. The van der Waals surface area contributed by atoms with Crippen molar-refractivity contribution in [2.75, 3.05) is 13.2 Å². The molecule has 3 rings (SSSR count). The van der Waals surface area contributed by atoms with Gasteiger partial charge in [-0.15, -0.1) is 0 Å². The van der Waals surface area contributed by atoms with Crippen LogP contribution in [-0.4, -0.2) is 30.0 Å². The Morgan fingerprint density at radius 2 is 1.95 bits per heavy atom. The van der Waals surface area contributed by atoms with Crippen LogP contribution in [0.1, 0.15) is 50.8 Å². The van der Waals surface area contributed by atoms with E-state index in [1.54, 1.807) is 0 Å². The molecule has 1 aromatic carbocycles. The monoisotopic (exact) mass is 288 g/mol. The Hall–Kier alpha value is -1.55. The van der Waals surface area contributed by atoms with Gasteiger partial charge >= 0.3 is 0 Å². The van der Waals surface area contributed by atoms with Gasteiger partial charge in [-0.2, -0.15) is 0 Å². The molecular weight excluding hydrogens is 264 g/mol. The first-order valence-corrected chi connectivity index (χ1v) is 8.07. The summed E-state index contributed by atoms with van der Waals surface area (Å²) in [6, 6.07) is 8.56. The molecule has 2 aliphatic rings. The first kappa shape index (κ1) is 14.4. The van der Waals surface area contributed by atoms with Crippen LogP contribution in [0.4, 0.5) is 0 Å². The maximum absolute atomic E-state index is 12.2. The van der Waals surface area contributed by atoms with Gasteiger partial charge in [0.05, 0.1) is 13.2 Å². The van der Waals surface area contributed by atoms with Crippen LogP contribution in [0, 0.1) is 0 Å². The molecule has 4 heteroatoms. The number of amides is 1. The molecule has 1 amide bonds. The summed E-state index contributed by atoms with van der Waals surface area (Å²) < 4.78 is 5.62. The smallest absolute Gasteiger partial charge is 0.238 e. The van der Waals surface area contributed by atoms with Crippen molar-refractivity contribution in [2.24, 2.45) is 0 Å². The summed E-state index contributed by atoms with van der Waals surface area (Å²) in [5.41, 5.74) is 1.15. The Morgan fingerprint density at radius 1 is 1.24 bits per heavy atom. The minimum absolute atomic E-state index is 0.0285. The quantitative estimate of drug-likeness (QED) is 0.906. The summed E-state index contributed by atoms with van der Waals surface area (Å²) in [6.07, 6.45) is 5.80. The number of hydrogen-bond acceptors (Lipinski definition) is 3. The van der Waals surface area contributed by atoms with Crippen LogP contribution < -0.4 is 10.1 Å². The lowest BCUT2D eigenvalue weighted by atomic mass is 10.1. The second-order valence-electron chi connectivity index (χ2n) is 5.94. The van der Waals surface area contributed by atoms with Crippen molar-refractivity contribution in [3.05, 3.63) is 29.8 Å². The molecule has 1 N–H and O–H groups in total. The molecule has 1 unspecified atom stereocenters. The summed E-state index contributed by atoms with van der Waals surface area (Å²) in [4.78, 5) is 14.3. The van der Waals surface area contributed by atoms with E-state index in [1.165, 1.54) is 12.8 Å². The third-order valence-electron chi connectivity index (χ3n) is 4.40. The van der Waals surface area contributed by atoms with Crippen LogP contribution in [0.15, 0.2) is 24.3 Å². The highest BCUT2D eigenvalue weighted by Gasteiger charge is 2.37. The van der Waals surface area contributed by atoms with Crippen molar-refractivity contribution in [1.29, 1.82) is 0 Å². The lowest BCUT2D eigenvalue weighted by Crippen LogP contribution is -2.38. The molecule has 1 heterocycles. The Bertz CT molecular complexity index is 480. The molecule has 0 spiro atoms. The van der Waals surface area contributed by atoms with E-state index in [9.17, 15) is 4.79 Å². The standard InChI is InChI=1S/C17H24N2O2/c1-2-11-21-15-9-7-13(8-10-15)17-18-12-16(20)19(17)14-5-3-4-6-14/h7-10,14,17-18H,2-6,11-12H2,1H3. The molecule has 1 aliphatic carbocycles. The SMILES string of the molecule is CCCOc1ccc(C2NCC(=O)N2C2CCCC2)cc1. The van der Waals surface area contributed by atoms with Crippen LogP contribution in [-0.2, 0) is 4.79 Å². The topological polar surface area (TPSA) is 41.6 Å². The van der Waals surface area contributed by atoms with Gasteiger partial charge < -0.3 is 9.64 Å². The molecule has 0 bridgehead atoms. The average Bonchev–Trinajstić information content (AvgIpc) is 3.14. The molecule has 1 saturated carbocycles. The highest BCUT2D eigenvalue weighted by molar-refractivity contribution is 5.81. The van der Waals surface area contributed by atoms with Gasteiger partial charge in [-0.25, -0.2) is 0 Å². The number of hydrogen-bond donors (Lipinski definition) is 1. The van der Waals surface area contributed by atoms with Crippen molar-refractivity contribution in [3.63, 3.8) is 0 Å². The van der Waals surface area contributed by atoms with E-state index in [1.807, 2.05) is 12.1 Å². The van der Waals surface area contributed by atoms with E-state index in [4.69, 9.17) is 4.74 Å². The minimum atomic E-state index is 0.0285. The lowest BCUT2D eigenvalue weighted by Gasteiger charge is -2.30. The molecule has 1 aromatic rings. The summed E-state index contributed by atoms with van der Waals surface area (Å²) in [6.45, 7) is 3.30. The molecule has 114 valence electrons.